The van der Waals surface area contributed by atoms with Crippen LogP contribution in [0.15, 0.2) is 41.3 Å². The summed E-state index contributed by atoms with van der Waals surface area (Å²) >= 11 is 17.7. The molecule has 0 aliphatic rings. The molecule has 0 radical (unpaired) electrons. The highest BCUT2D eigenvalue weighted by Gasteiger charge is 2.19. The highest BCUT2D eigenvalue weighted by molar-refractivity contribution is 7.92. The van der Waals surface area contributed by atoms with Crippen LogP contribution in [0, 0.1) is 6.92 Å². The van der Waals surface area contributed by atoms with Gasteiger partial charge in [-0.2, -0.15) is 0 Å². The van der Waals surface area contributed by atoms with E-state index in [2.05, 4.69) is 4.72 Å². The molecule has 2 rings (SSSR count). The summed E-state index contributed by atoms with van der Waals surface area (Å²) in [6.45, 7) is 1.83. The van der Waals surface area contributed by atoms with Gasteiger partial charge < -0.3 is 0 Å². The number of sulfonamides is 1. The number of hydrogen-bond donors (Lipinski definition) is 1. The minimum absolute atomic E-state index is 0.0140. The normalized spacial score (nSPS) is 11.4. The smallest absolute Gasteiger partial charge is 0.263 e. The summed E-state index contributed by atoms with van der Waals surface area (Å²) in [6.07, 6.45) is 0. The molecule has 106 valence electrons. The number of nitrogens with one attached hydrogen (secondary N) is 1. The van der Waals surface area contributed by atoms with Crippen molar-refractivity contribution in [2.45, 2.75) is 11.8 Å². The van der Waals surface area contributed by atoms with Crippen molar-refractivity contribution in [2.24, 2.45) is 0 Å². The number of anilines is 1. The van der Waals surface area contributed by atoms with Crippen LogP contribution < -0.4 is 4.72 Å². The van der Waals surface area contributed by atoms with Crippen LogP contribution in [-0.4, -0.2) is 8.42 Å². The average Bonchev–Trinajstić information content (AvgIpc) is 2.36. The standard InChI is InChI=1S/C13H10Cl3NO2S/c1-8-5-6-9(7-11(8)15)17-20(18,19)12-4-2-3-10(14)13(12)16/h2-7,17H,1H3. The SMILES string of the molecule is Cc1ccc(NS(=O)(=O)c2cccc(Cl)c2Cl)cc1Cl. The van der Waals surface area contributed by atoms with Crippen molar-refractivity contribution in [3.8, 4) is 0 Å². The van der Waals surface area contributed by atoms with E-state index < -0.39 is 10.0 Å². The summed E-state index contributed by atoms with van der Waals surface area (Å²) < 4.78 is 27.0. The third-order valence-corrected chi connectivity index (χ3v) is 5.39. The molecule has 1 N–H and O–H groups in total. The van der Waals surface area contributed by atoms with Gasteiger partial charge in [0, 0.05) is 5.02 Å². The minimum Gasteiger partial charge on any atom is -0.280 e. The van der Waals surface area contributed by atoms with Gasteiger partial charge in [0.15, 0.2) is 0 Å². The Hall–Kier alpha value is -0.940. The first-order valence-electron chi connectivity index (χ1n) is 5.54. The minimum atomic E-state index is -3.82. The van der Waals surface area contributed by atoms with E-state index in [4.69, 9.17) is 34.8 Å². The predicted octanol–water partition coefficient (Wildman–Crippen LogP) is 4.76. The van der Waals surface area contributed by atoms with Gasteiger partial charge in [0.25, 0.3) is 10.0 Å². The van der Waals surface area contributed by atoms with Gasteiger partial charge in [-0.05, 0) is 36.8 Å². The number of halogens is 3. The van der Waals surface area contributed by atoms with Crippen LogP contribution in [0.2, 0.25) is 15.1 Å². The van der Waals surface area contributed by atoms with Crippen molar-refractivity contribution in [2.75, 3.05) is 4.72 Å². The molecule has 0 unspecified atom stereocenters. The molecular weight excluding hydrogens is 341 g/mol. The van der Waals surface area contributed by atoms with Crippen LogP contribution in [-0.2, 0) is 10.0 Å². The van der Waals surface area contributed by atoms with E-state index in [0.717, 1.165) is 5.56 Å². The Morgan fingerprint density at radius 3 is 2.35 bits per heavy atom. The Kier molecular flexibility index (Phi) is 4.49. The summed E-state index contributed by atoms with van der Waals surface area (Å²) in [4.78, 5) is -0.0802. The topological polar surface area (TPSA) is 46.2 Å². The fourth-order valence-corrected chi connectivity index (χ4v) is 3.55. The maximum Gasteiger partial charge on any atom is 0.263 e. The summed E-state index contributed by atoms with van der Waals surface area (Å²) in [6, 6.07) is 9.30. The quantitative estimate of drug-likeness (QED) is 0.867. The summed E-state index contributed by atoms with van der Waals surface area (Å²) in [5.41, 5.74) is 1.21. The molecule has 20 heavy (non-hydrogen) atoms. The molecule has 0 aliphatic carbocycles. The van der Waals surface area contributed by atoms with Crippen molar-refractivity contribution in [3.63, 3.8) is 0 Å². The van der Waals surface area contributed by atoms with Gasteiger partial charge in [-0.3, -0.25) is 4.72 Å². The van der Waals surface area contributed by atoms with Crippen molar-refractivity contribution in [1.82, 2.24) is 0 Å². The largest absolute Gasteiger partial charge is 0.280 e. The van der Waals surface area contributed by atoms with E-state index in [9.17, 15) is 8.42 Å². The van der Waals surface area contributed by atoms with E-state index >= 15 is 0 Å². The Labute approximate surface area is 132 Å². The fourth-order valence-electron chi connectivity index (χ4n) is 1.56. The van der Waals surface area contributed by atoms with Gasteiger partial charge in [-0.1, -0.05) is 46.9 Å². The molecule has 0 bridgehead atoms. The second-order valence-electron chi connectivity index (χ2n) is 4.12. The Bertz CT molecular complexity index is 760. The van der Waals surface area contributed by atoms with E-state index in [-0.39, 0.29) is 14.9 Å². The fraction of sp³-hybridized carbons (Fsp3) is 0.0769. The Morgan fingerprint density at radius 1 is 1.00 bits per heavy atom. The van der Waals surface area contributed by atoms with E-state index in [1.54, 1.807) is 12.1 Å². The van der Waals surface area contributed by atoms with E-state index in [1.165, 1.54) is 24.3 Å². The van der Waals surface area contributed by atoms with Crippen molar-refractivity contribution >= 4 is 50.5 Å². The number of benzene rings is 2. The second-order valence-corrected chi connectivity index (χ2v) is 6.96. The highest BCUT2D eigenvalue weighted by atomic mass is 35.5. The lowest BCUT2D eigenvalue weighted by Crippen LogP contribution is -2.13. The zero-order valence-electron chi connectivity index (χ0n) is 10.3. The molecular formula is C13H10Cl3NO2S. The van der Waals surface area contributed by atoms with Crippen LogP contribution in [0.4, 0.5) is 5.69 Å². The van der Waals surface area contributed by atoms with Gasteiger partial charge >= 0.3 is 0 Å². The molecule has 2 aromatic carbocycles. The molecule has 0 heterocycles. The zero-order valence-corrected chi connectivity index (χ0v) is 13.4. The van der Waals surface area contributed by atoms with Crippen LogP contribution in [0.1, 0.15) is 5.56 Å². The maximum absolute atomic E-state index is 12.3. The summed E-state index contributed by atoms with van der Waals surface area (Å²) in [5, 5.41) is 0.638. The van der Waals surface area contributed by atoms with Gasteiger partial charge in [0.05, 0.1) is 15.7 Å². The number of rotatable bonds is 3. The van der Waals surface area contributed by atoms with Crippen LogP contribution in [0.25, 0.3) is 0 Å². The molecule has 0 fully saturated rings. The molecule has 0 aromatic heterocycles. The lowest BCUT2D eigenvalue weighted by Gasteiger charge is -2.11. The van der Waals surface area contributed by atoms with Crippen molar-refractivity contribution in [3.05, 3.63) is 57.0 Å². The monoisotopic (exact) mass is 349 g/mol. The van der Waals surface area contributed by atoms with Crippen LogP contribution >= 0.6 is 34.8 Å². The summed E-state index contributed by atoms with van der Waals surface area (Å²) in [5.74, 6) is 0. The third kappa shape index (κ3) is 3.20. The first-order chi connectivity index (χ1) is 9.31. The highest BCUT2D eigenvalue weighted by Crippen LogP contribution is 2.30. The molecule has 3 nitrogen and oxygen atoms in total. The lowest BCUT2D eigenvalue weighted by molar-refractivity contribution is 0.601. The van der Waals surface area contributed by atoms with E-state index in [0.29, 0.717) is 10.7 Å². The first-order valence-corrected chi connectivity index (χ1v) is 8.16. The van der Waals surface area contributed by atoms with Gasteiger partial charge in [0.1, 0.15) is 4.90 Å². The molecule has 0 amide bonds. The second kappa shape index (κ2) is 5.82. The molecule has 7 heteroatoms. The molecule has 0 saturated carbocycles. The number of aryl methyl sites for hydroxylation is 1. The molecule has 0 aliphatic heterocycles. The van der Waals surface area contributed by atoms with Crippen molar-refractivity contribution < 1.29 is 8.42 Å². The maximum atomic E-state index is 12.3. The summed E-state index contributed by atoms with van der Waals surface area (Å²) in [7, 11) is -3.82. The predicted molar refractivity (Wildman–Crippen MR) is 83.5 cm³/mol. The lowest BCUT2D eigenvalue weighted by atomic mass is 10.2. The van der Waals surface area contributed by atoms with Crippen LogP contribution in [0.3, 0.4) is 0 Å². The van der Waals surface area contributed by atoms with Gasteiger partial charge in [0.2, 0.25) is 0 Å². The zero-order chi connectivity index (χ0) is 14.9. The van der Waals surface area contributed by atoms with Crippen LogP contribution in [0.5, 0.6) is 0 Å². The Balaban J connectivity index is 2.41. The molecule has 0 saturated heterocycles. The molecule has 2 aromatic rings. The van der Waals surface area contributed by atoms with E-state index in [1.807, 2.05) is 6.92 Å². The molecule has 0 atom stereocenters. The third-order valence-electron chi connectivity index (χ3n) is 2.63. The first kappa shape index (κ1) is 15.4. The van der Waals surface area contributed by atoms with Gasteiger partial charge in [-0.25, -0.2) is 8.42 Å². The number of hydrogen-bond acceptors (Lipinski definition) is 2. The van der Waals surface area contributed by atoms with Gasteiger partial charge in [-0.15, -0.1) is 0 Å². The Morgan fingerprint density at radius 2 is 1.70 bits per heavy atom. The molecule has 0 spiro atoms. The average molecular weight is 351 g/mol. The van der Waals surface area contributed by atoms with Crippen molar-refractivity contribution in [1.29, 1.82) is 0 Å².